The van der Waals surface area contributed by atoms with Crippen molar-refractivity contribution in [3.63, 3.8) is 0 Å². The summed E-state index contributed by atoms with van der Waals surface area (Å²) in [6.45, 7) is 2.15. The zero-order valence-electron chi connectivity index (χ0n) is 10.6. The first-order valence-corrected chi connectivity index (χ1v) is 5.85. The largest absolute Gasteiger partial charge is 0.491 e. The molecular weight excluding hydrogens is 265 g/mol. The molecule has 0 spiro atoms. The Hall–Kier alpha value is -2.70. The average Bonchev–Trinajstić information content (AvgIpc) is 2.42. The van der Waals surface area contributed by atoms with Gasteiger partial charge in [0.1, 0.15) is 5.82 Å². The fraction of sp³-hybridized carbons (Fsp3) is 0.154. The van der Waals surface area contributed by atoms with Crippen LogP contribution in [-0.2, 0) is 0 Å². The molecule has 6 nitrogen and oxygen atoms in total. The second kappa shape index (κ2) is 5.96. The molecular formula is C13H12FN3O3. The zero-order valence-corrected chi connectivity index (χ0v) is 10.6. The lowest BCUT2D eigenvalue weighted by Crippen LogP contribution is -2.03. The summed E-state index contributed by atoms with van der Waals surface area (Å²) in [7, 11) is 0. The molecule has 0 fully saturated rings. The molecule has 0 radical (unpaired) electrons. The molecule has 0 saturated heterocycles. The van der Waals surface area contributed by atoms with E-state index in [2.05, 4.69) is 15.3 Å². The lowest BCUT2D eigenvalue weighted by atomic mass is 10.3. The Labute approximate surface area is 114 Å². The lowest BCUT2D eigenvalue weighted by molar-refractivity contribution is 0.0690. The smallest absolute Gasteiger partial charge is 0.356 e. The van der Waals surface area contributed by atoms with Gasteiger partial charge < -0.3 is 15.2 Å². The number of hydrogen-bond donors (Lipinski definition) is 2. The first-order chi connectivity index (χ1) is 9.60. The highest BCUT2D eigenvalue weighted by Gasteiger charge is 2.07. The van der Waals surface area contributed by atoms with Gasteiger partial charge in [-0.05, 0) is 19.1 Å². The molecule has 2 N–H and O–H groups in total. The van der Waals surface area contributed by atoms with Gasteiger partial charge >= 0.3 is 5.97 Å². The third-order valence-electron chi connectivity index (χ3n) is 2.38. The monoisotopic (exact) mass is 277 g/mol. The highest BCUT2D eigenvalue weighted by Crippen LogP contribution is 2.22. The number of nitrogens with zero attached hydrogens (tertiary/aromatic N) is 2. The number of carboxylic acids is 1. The van der Waals surface area contributed by atoms with Crippen LogP contribution in [0, 0.1) is 5.82 Å². The molecule has 20 heavy (non-hydrogen) atoms. The Kier molecular flexibility index (Phi) is 4.09. The molecule has 2 aromatic rings. The normalized spacial score (nSPS) is 10.1. The van der Waals surface area contributed by atoms with Crippen molar-refractivity contribution in [2.75, 3.05) is 11.9 Å². The van der Waals surface area contributed by atoms with Crippen molar-refractivity contribution in [3.05, 3.63) is 42.1 Å². The molecule has 0 saturated carbocycles. The van der Waals surface area contributed by atoms with Crippen LogP contribution in [-0.4, -0.2) is 27.7 Å². The van der Waals surface area contributed by atoms with Gasteiger partial charge in [0.15, 0.2) is 17.3 Å². The summed E-state index contributed by atoms with van der Waals surface area (Å²) in [5.74, 6) is -1.16. The summed E-state index contributed by atoms with van der Waals surface area (Å²) in [6, 6.07) is 4.39. The SMILES string of the molecule is CCOc1ccc(Nc2cnc(C(=O)O)cn2)cc1F. The van der Waals surface area contributed by atoms with E-state index in [-0.39, 0.29) is 11.4 Å². The van der Waals surface area contributed by atoms with Gasteiger partial charge in [-0.15, -0.1) is 0 Å². The van der Waals surface area contributed by atoms with Crippen molar-refractivity contribution in [2.45, 2.75) is 6.92 Å². The molecule has 0 atom stereocenters. The Morgan fingerprint density at radius 3 is 2.75 bits per heavy atom. The van der Waals surface area contributed by atoms with Crippen LogP contribution in [0.5, 0.6) is 5.75 Å². The minimum Gasteiger partial charge on any atom is -0.491 e. The van der Waals surface area contributed by atoms with Crippen LogP contribution >= 0.6 is 0 Å². The summed E-state index contributed by atoms with van der Waals surface area (Å²) in [6.07, 6.45) is 2.38. The number of benzene rings is 1. The van der Waals surface area contributed by atoms with Gasteiger partial charge in [0, 0.05) is 11.8 Å². The molecule has 0 unspecified atom stereocenters. The van der Waals surface area contributed by atoms with E-state index in [1.54, 1.807) is 13.0 Å². The predicted molar refractivity (Wildman–Crippen MR) is 69.8 cm³/mol. The average molecular weight is 277 g/mol. The van der Waals surface area contributed by atoms with Gasteiger partial charge in [-0.3, -0.25) is 0 Å². The van der Waals surface area contributed by atoms with Crippen LogP contribution in [0.15, 0.2) is 30.6 Å². The van der Waals surface area contributed by atoms with E-state index in [4.69, 9.17) is 9.84 Å². The molecule has 1 aromatic heterocycles. The van der Waals surface area contributed by atoms with Crippen molar-refractivity contribution >= 4 is 17.5 Å². The third-order valence-corrected chi connectivity index (χ3v) is 2.38. The highest BCUT2D eigenvalue weighted by molar-refractivity contribution is 5.85. The molecule has 0 amide bonds. The highest BCUT2D eigenvalue weighted by atomic mass is 19.1. The van der Waals surface area contributed by atoms with Crippen LogP contribution < -0.4 is 10.1 Å². The maximum Gasteiger partial charge on any atom is 0.356 e. The fourth-order valence-electron chi connectivity index (χ4n) is 1.50. The summed E-state index contributed by atoms with van der Waals surface area (Å²) in [5, 5.41) is 11.5. The fourth-order valence-corrected chi connectivity index (χ4v) is 1.50. The van der Waals surface area contributed by atoms with Crippen molar-refractivity contribution in [1.82, 2.24) is 9.97 Å². The second-order valence-electron chi connectivity index (χ2n) is 3.80. The Balaban J connectivity index is 2.13. The molecule has 0 aliphatic rings. The number of aromatic carboxylic acids is 1. The van der Waals surface area contributed by atoms with E-state index in [0.29, 0.717) is 18.1 Å². The zero-order chi connectivity index (χ0) is 14.5. The standard InChI is InChI=1S/C13H12FN3O3/c1-2-20-11-4-3-8(5-9(11)14)17-12-7-15-10(6-16-12)13(18)19/h3-7H,2H2,1H3,(H,16,17)(H,18,19). The number of rotatable bonds is 5. The van der Waals surface area contributed by atoms with Crippen LogP contribution in [0.3, 0.4) is 0 Å². The molecule has 2 rings (SSSR count). The van der Waals surface area contributed by atoms with E-state index in [1.807, 2.05) is 0 Å². The van der Waals surface area contributed by atoms with Crippen molar-refractivity contribution < 1.29 is 19.0 Å². The third kappa shape index (κ3) is 3.19. The second-order valence-corrected chi connectivity index (χ2v) is 3.80. The summed E-state index contributed by atoms with van der Waals surface area (Å²) in [4.78, 5) is 18.2. The van der Waals surface area contributed by atoms with Gasteiger partial charge in [-0.1, -0.05) is 0 Å². The maximum atomic E-state index is 13.6. The summed E-state index contributed by atoms with van der Waals surface area (Å²) in [5.41, 5.74) is 0.303. The van der Waals surface area contributed by atoms with E-state index < -0.39 is 11.8 Å². The number of ether oxygens (including phenoxy) is 1. The Morgan fingerprint density at radius 1 is 1.40 bits per heavy atom. The molecule has 1 aromatic carbocycles. The van der Waals surface area contributed by atoms with Gasteiger partial charge in [0.2, 0.25) is 0 Å². The first-order valence-electron chi connectivity index (χ1n) is 5.85. The van der Waals surface area contributed by atoms with Crippen LogP contribution in [0.4, 0.5) is 15.9 Å². The molecule has 0 bridgehead atoms. The molecule has 104 valence electrons. The van der Waals surface area contributed by atoms with Crippen LogP contribution in [0.2, 0.25) is 0 Å². The number of nitrogens with one attached hydrogen (secondary N) is 1. The van der Waals surface area contributed by atoms with Gasteiger partial charge in [-0.2, -0.15) is 0 Å². The number of aromatic nitrogens is 2. The van der Waals surface area contributed by atoms with E-state index in [1.165, 1.54) is 18.3 Å². The minimum atomic E-state index is -1.16. The van der Waals surface area contributed by atoms with E-state index >= 15 is 0 Å². The molecule has 1 heterocycles. The van der Waals surface area contributed by atoms with Gasteiger partial charge in [-0.25, -0.2) is 19.2 Å². The van der Waals surface area contributed by atoms with Crippen LogP contribution in [0.25, 0.3) is 0 Å². The Bertz CT molecular complexity index is 617. The van der Waals surface area contributed by atoms with Crippen LogP contribution in [0.1, 0.15) is 17.4 Å². The molecule has 7 heteroatoms. The van der Waals surface area contributed by atoms with Crippen molar-refractivity contribution in [2.24, 2.45) is 0 Å². The lowest BCUT2D eigenvalue weighted by Gasteiger charge is -2.08. The van der Waals surface area contributed by atoms with Gasteiger partial charge in [0.05, 0.1) is 19.0 Å². The maximum absolute atomic E-state index is 13.6. The number of halogens is 1. The van der Waals surface area contributed by atoms with E-state index in [0.717, 1.165) is 6.20 Å². The number of carbonyl (C=O) groups is 1. The topological polar surface area (TPSA) is 84.3 Å². The van der Waals surface area contributed by atoms with E-state index in [9.17, 15) is 9.18 Å². The van der Waals surface area contributed by atoms with Gasteiger partial charge in [0.25, 0.3) is 0 Å². The van der Waals surface area contributed by atoms with Crippen molar-refractivity contribution in [3.8, 4) is 5.75 Å². The quantitative estimate of drug-likeness (QED) is 0.873. The molecule has 0 aliphatic heterocycles. The number of anilines is 2. The van der Waals surface area contributed by atoms with Crippen molar-refractivity contribution in [1.29, 1.82) is 0 Å². The first kappa shape index (κ1) is 13.7. The minimum absolute atomic E-state index is 0.159. The number of hydrogen-bond acceptors (Lipinski definition) is 5. The predicted octanol–water partition coefficient (Wildman–Crippen LogP) is 2.46. The molecule has 0 aliphatic carbocycles. The Morgan fingerprint density at radius 2 is 2.20 bits per heavy atom. The summed E-state index contributed by atoms with van der Waals surface area (Å²) < 4.78 is 18.7. The summed E-state index contributed by atoms with van der Waals surface area (Å²) >= 11 is 0. The number of carboxylic acid groups (broad SMARTS) is 1.